The first-order valence-corrected chi connectivity index (χ1v) is 10.2. The van der Waals surface area contributed by atoms with Crippen molar-refractivity contribution in [1.29, 1.82) is 5.26 Å². The van der Waals surface area contributed by atoms with Gasteiger partial charge in [0.05, 0.1) is 11.3 Å². The molecule has 1 aliphatic carbocycles. The van der Waals surface area contributed by atoms with E-state index in [-0.39, 0.29) is 23.9 Å². The van der Waals surface area contributed by atoms with E-state index in [1.807, 2.05) is 38.8 Å². The standard InChI is InChI=1S/C21H26N8O/c1-11(2)18-20(30)27-17-12(3)24-21(28-19(17)29(18)4)26-15-7-14(8-15)25-16-6-5-13(9-22)10-23-16/h5-6,10-11,14-15,18H,7-8H2,1-4H3,(H,23,25)(H,27,30)(H,24,26,28)/t14-,15+,18?. The van der Waals surface area contributed by atoms with Gasteiger partial charge < -0.3 is 20.9 Å². The van der Waals surface area contributed by atoms with Crippen molar-refractivity contribution in [1.82, 2.24) is 15.0 Å². The van der Waals surface area contributed by atoms with E-state index in [1.54, 1.807) is 12.3 Å². The molecule has 0 aromatic carbocycles. The zero-order chi connectivity index (χ0) is 21.4. The van der Waals surface area contributed by atoms with Crippen molar-refractivity contribution < 1.29 is 4.79 Å². The average Bonchev–Trinajstić information content (AvgIpc) is 2.67. The van der Waals surface area contributed by atoms with Gasteiger partial charge in [-0.05, 0) is 37.8 Å². The first kappa shape index (κ1) is 19.9. The van der Waals surface area contributed by atoms with Crippen LogP contribution in [0.1, 0.15) is 37.9 Å². The van der Waals surface area contributed by atoms with E-state index >= 15 is 0 Å². The zero-order valence-corrected chi connectivity index (χ0v) is 17.6. The summed E-state index contributed by atoms with van der Waals surface area (Å²) in [6, 6.07) is 5.98. The van der Waals surface area contributed by atoms with Crippen LogP contribution in [0, 0.1) is 24.2 Å². The number of likely N-dealkylation sites (N-methyl/N-ethyl adjacent to an activating group) is 1. The summed E-state index contributed by atoms with van der Waals surface area (Å²) in [7, 11) is 1.91. The number of nitriles is 1. The number of carbonyl (C=O) groups excluding carboxylic acids is 1. The summed E-state index contributed by atoms with van der Waals surface area (Å²) in [4.78, 5) is 27.9. The highest BCUT2D eigenvalue weighted by Gasteiger charge is 2.36. The van der Waals surface area contributed by atoms with E-state index in [0.717, 1.165) is 30.2 Å². The van der Waals surface area contributed by atoms with Crippen LogP contribution in [0.15, 0.2) is 18.3 Å². The van der Waals surface area contributed by atoms with Crippen LogP contribution in [0.25, 0.3) is 0 Å². The molecule has 4 rings (SSSR count). The number of aryl methyl sites for hydroxylation is 1. The quantitative estimate of drug-likeness (QED) is 0.693. The Bertz CT molecular complexity index is 991. The van der Waals surface area contributed by atoms with Gasteiger partial charge >= 0.3 is 0 Å². The summed E-state index contributed by atoms with van der Waals surface area (Å²) in [6.07, 6.45) is 3.41. The number of anilines is 4. The third kappa shape index (κ3) is 3.73. The SMILES string of the molecule is Cc1nc(N[C@H]2C[C@@H](Nc3ccc(C#N)cn3)C2)nc2c1NC(=O)C(C(C)C)N2C. The molecule has 0 bridgehead atoms. The predicted octanol–water partition coefficient (Wildman–Crippen LogP) is 2.52. The minimum absolute atomic E-state index is 0.0169. The van der Waals surface area contributed by atoms with Gasteiger partial charge in [0.25, 0.3) is 0 Å². The first-order chi connectivity index (χ1) is 14.4. The molecular weight excluding hydrogens is 380 g/mol. The van der Waals surface area contributed by atoms with Crippen LogP contribution in [-0.2, 0) is 4.79 Å². The Hall–Kier alpha value is -3.41. The Morgan fingerprint density at radius 2 is 1.97 bits per heavy atom. The fourth-order valence-electron chi connectivity index (χ4n) is 4.07. The minimum atomic E-state index is -0.253. The van der Waals surface area contributed by atoms with Gasteiger partial charge in [-0.3, -0.25) is 4.79 Å². The fraction of sp³-hybridized carbons (Fsp3) is 0.476. The minimum Gasteiger partial charge on any atom is -0.367 e. The number of hydrogen-bond acceptors (Lipinski definition) is 8. The summed E-state index contributed by atoms with van der Waals surface area (Å²) in [5, 5.41) is 18.6. The molecule has 0 saturated heterocycles. The predicted molar refractivity (Wildman–Crippen MR) is 115 cm³/mol. The van der Waals surface area contributed by atoms with Gasteiger partial charge in [-0.1, -0.05) is 13.8 Å². The molecule has 1 saturated carbocycles. The second kappa shape index (κ2) is 7.78. The number of nitrogens with one attached hydrogen (secondary N) is 3. The van der Waals surface area contributed by atoms with Gasteiger partial charge in [-0.15, -0.1) is 0 Å². The van der Waals surface area contributed by atoms with E-state index in [9.17, 15) is 4.79 Å². The molecule has 156 valence electrons. The highest BCUT2D eigenvalue weighted by Crippen LogP contribution is 2.35. The molecule has 1 fully saturated rings. The molecule has 2 aliphatic rings. The lowest BCUT2D eigenvalue weighted by Crippen LogP contribution is -2.50. The normalized spacial score (nSPS) is 22.6. The lowest BCUT2D eigenvalue weighted by Gasteiger charge is -2.38. The molecule has 1 amide bonds. The van der Waals surface area contributed by atoms with Crippen LogP contribution >= 0.6 is 0 Å². The van der Waals surface area contributed by atoms with E-state index in [1.165, 1.54) is 0 Å². The van der Waals surface area contributed by atoms with E-state index in [2.05, 4.69) is 32.0 Å². The van der Waals surface area contributed by atoms with Gasteiger partial charge in [0.15, 0.2) is 5.82 Å². The van der Waals surface area contributed by atoms with Crippen molar-refractivity contribution in [3.8, 4) is 6.07 Å². The number of rotatable bonds is 5. The Kier molecular flexibility index (Phi) is 5.16. The van der Waals surface area contributed by atoms with Crippen molar-refractivity contribution in [2.45, 2.75) is 51.7 Å². The smallest absolute Gasteiger partial charge is 0.247 e. The summed E-state index contributed by atoms with van der Waals surface area (Å²) in [6.45, 7) is 5.95. The molecule has 2 aromatic heterocycles. The van der Waals surface area contributed by atoms with E-state index < -0.39 is 0 Å². The maximum absolute atomic E-state index is 12.4. The van der Waals surface area contributed by atoms with Gasteiger partial charge in [0.2, 0.25) is 11.9 Å². The molecule has 1 unspecified atom stereocenters. The van der Waals surface area contributed by atoms with Crippen LogP contribution in [0.4, 0.5) is 23.3 Å². The number of amides is 1. The molecule has 30 heavy (non-hydrogen) atoms. The van der Waals surface area contributed by atoms with Crippen molar-refractivity contribution in [3.63, 3.8) is 0 Å². The van der Waals surface area contributed by atoms with Gasteiger partial charge in [0, 0.05) is 25.3 Å². The van der Waals surface area contributed by atoms with Crippen LogP contribution in [0.5, 0.6) is 0 Å². The maximum Gasteiger partial charge on any atom is 0.247 e. The van der Waals surface area contributed by atoms with Gasteiger partial charge in [-0.25, -0.2) is 9.97 Å². The Morgan fingerprint density at radius 3 is 2.60 bits per heavy atom. The molecule has 3 N–H and O–H groups in total. The number of fused-ring (bicyclic) bond motifs is 1. The number of hydrogen-bond donors (Lipinski definition) is 3. The highest BCUT2D eigenvalue weighted by atomic mass is 16.2. The molecule has 0 radical (unpaired) electrons. The molecule has 9 heteroatoms. The lowest BCUT2D eigenvalue weighted by atomic mass is 9.87. The van der Waals surface area contributed by atoms with Crippen molar-refractivity contribution >= 4 is 29.2 Å². The third-order valence-corrected chi connectivity index (χ3v) is 5.69. The van der Waals surface area contributed by atoms with Crippen molar-refractivity contribution in [2.75, 3.05) is 27.9 Å². The Morgan fingerprint density at radius 1 is 1.23 bits per heavy atom. The average molecular weight is 406 g/mol. The maximum atomic E-state index is 12.4. The highest BCUT2D eigenvalue weighted by molar-refractivity contribution is 6.03. The van der Waals surface area contributed by atoms with Crippen molar-refractivity contribution in [2.24, 2.45) is 5.92 Å². The number of aromatic nitrogens is 3. The van der Waals surface area contributed by atoms with Crippen molar-refractivity contribution in [3.05, 3.63) is 29.6 Å². The number of carbonyl (C=O) groups is 1. The topological polar surface area (TPSA) is 119 Å². The lowest BCUT2D eigenvalue weighted by molar-refractivity contribution is -0.118. The molecule has 1 aliphatic heterocycles. The molecule has 0 spiro atoms. The number of pyridine rings is 1. The fourth-order valence-corrected chi connectivity index (χ4v) is 4.07. The van der Waals surface area contributed by atoms with Crippen LogP contribution < -0.4 is 20.9 Å². The molecular formula is C21H26N8O. The molecule has 9 nitrogen and oxygen atoms in total. The summed E-state index contributed by atoms with van der Waals surface area (Å²) in [5.41, 5.74) is 1.99. The third-order valence-electron chi connectivity index (χ3n) is 5.69. The Balaban J connectivity index is 1.40. The largest absolute Gasteiger partial charge is 0.367 e. The van der Waals surface area contributed by atoms with Gasteiger partial charge in [-0.2, -0.15) is 10.2 Å². The monoisotopic (exact) mass is 406 g/mol. The number of nitrogens with zero attached hydrogens (tertiary/aromatic N) is 5. The summed E-state index contributed by atoms with van der Waals surface area (Å²) >= 11 is 0. The molecule has 3 heterocycles. The van der Waals surface area contributed by atoms with Crippen LogP contribution in [0.2, 0.25) is 0 Å². The second-order valence-corrected chi connectivity index (χ2v) is 8.32. The molecule has 1 atom stereocenters. The van der Waals surface area contributed by atoms with Crippen LogP contribution in [-0.4, -0.2) is 46.0 Å². The van der Waals surface area contributed by atoms with Crippen LogP contribution in [0.3, 0.4) is 0 Å². The van der Waals surface area contributed by atoms with Gasteiger partial charge in [0.1, 0.15) is 23.6 Å². The first-order valence-electron chi connectivity index (χ1n) is 10.2. The Labute approximate surface area is 175 Å². The summed E-state index contributed by atoms with van der Waals surface area (Å²) < 4.78 is 0. The van der Waals surface area contributed by atoms with E-state index in [4.69, 9.17) is 10.2 Å². The summed E-state index contributed by atoms with van der Waals surface area (Å²) in [5.74, 6) is 2.26. The molecule has 2 aromatic rings. The van der Waals surface area contributed by atoms with E-state index in [0.29, 0.717) is 23.2 Å². The zero-order valence-electron chi connectivity index (χ0n) is 17.6. The second-order valence-electron chi connectivity index (χ2n) is 8.32.